The Morgan fingerprint density at radius 3 is 2.52 bits per heavy atom. The first-order chi connectivity index (χ1) is 10.1. The van der Waals surface area contributed by atoms with Crippen LogP contribution in [0, 0.1) is 5.92 Å². The van der Waals surface area contributed by atoms with Crippen LogP contribution < -0.4 is 11.1 Å². The molecule has 112 valence electrons. The van der Waals surface area contributed by atoms with Gasteiger partial charge in [0.05, 0.1) is 6.54 Å². The van der Waals surface area contributed by atoms with Gasteiger partial charge in [0.15, 0.2) is 0 Å². The molecule has 0 aliphatic carbocycles. The van der Waals surface area contributed by atoms with Gasteiger partial charge >= 0.3 is 0 Å². The zero-order valence-corrected chi connectivity index (χ0v) is 12.4. The first-order valence-electron chi connectivity index (χ1n) is 7.00. The van der Waals surface area contributed by atoms with E-state index in [0.717, 1.165) is 11.1 Å². The lowest BCUT2D eigenvalue weighted by molar-refractivity contribution is -0.125. The maximum Gasteiger partial charge on any atom is 0.224 e. The lowest BCUT2D eigenvalue weighted by Gasteiger charge is -2.15. The molecule has 0 bridgehead atoms. The zero-order chi connectivity index (χ0) is 15.2. The second-order valence-corrected chi connectivity index (χ2v) is 5.28. The molecule has 0 radical (unpaired) electrons. The van der Waals surface area contributed by atoms with Crippen molar-refractivity contribution in [3.8, 4) is 0 Å². The van der Waals surface area contributed by atoms with E-state index in [9.17, 15) is 4.79 Å². The second kappa shape index (κ2) is 6.99. The number of amides is 1. The fraction of sp³-hybridized carbons (Fsp3) is 0.400. The standard InChI is InChI=1S/C15H21N5O/c1-11(12(2)16)15(21)18-7-13-3-5-14(6-4-13)8-20-10-17-9-19-20/h3-6,9-12H,7-8,16H2,1-2H3,(H,18,21). The van der Waals surface area contributed by atoms with E-state index in [-0.39, 0.29) is 17.9 Å². The van der Waals surface area contributed by atoms with E-state index in [0.29, 0.717) is 13.1 Å². The molecule has 21 heavy (non-hydrogen) atoms. The molecule has 1 aromatic heterocycles. The molecule has 6 nitrogen and oxygen atoms in total. The summed E-state index contributed by atoms with van der Waals surface area (Å²) in [5.41, 5.74) is 7.91. The number of carbonyl (C=O) groups excluding carboxylic acids is 1. The highest BCUT2D eigenvalue weighted by molar-refractivity contribution is 5.78. The van der Waals surface area contributed by atoms with Crippen LogP contribution in [0.2, 0.25) is 0 Å². The lowest BCUT2D eigenvalue weighted by Crippen LogP contribution is -2.38. The molecule has 1 heterocycles. The molecular weight excluding hydrogens is 266 g/mol. The van der Waals surface area contributed by atoms with Crippen LogP contribution in [0.25, 0.3) is 0 Å². The number of hydrogen-bond donors (Lipinski definition) is 2. The van der Waals surface area contributed by atoms with Crippen molar-refractivity contribution in [2.45, 2.75) is 33.0 Å². The van der Waals surface area contributed by atoms with Gasteiger partial charge in [-0.3, -0.25) is 4.79 Å². The van der Waals surface area contributed by atoms with Gasteiger partial charge in [-0.1, -0.05) is 31.2 Å². The van der Waals surface area contributed by atoms with Gasteiger partial charge in [0.25, 0.3) is 0 Å². The molecule has 0 spiro atoms. The third kappa shape index (κ3) is 4.39. The monoisotopic (exact) mass is 287 g/mol. The van der Waals surface area contributed by atoms with Crippen LogP contribution in [-0.2, 0) is 17.9 Å². The number of hydrogen-bond acceptors (Lipinski definition) is 4. The smallest absolute Gasteiger partial charge is 0.224 e. The average Bonchev–Trinajstić information content (AvgIpc) is 2.98. The van der Waals surface area contributed by atoms with Crippen LogP contribution in [-0.4, -0.2) is 26.7 Å². The number of rotatable bonds is 6. The van der Waals surface area contributed by atoms with Crippen molar-refractivity contribution < 1.29 is 4.79 Å². The highest BCUT2D eigenvalue weighted by Crippen LogP contribution is 2.07. The minimum Gasteiger partial charge on any atom is -0.352 e. The van der Waals surface area contributed by atoms with Crippen molar-refractivity contribution in [2.24, 2.45) is 11.7 Å². The molecule has 0 fully saturated rings. The van der Waals surface area contributed by atoms with Gasteiger partial charge in [-0.2, -0.15) is 5.10 Å². The number of nitrogens with two attached hydrogens (primary N) is 1. The van der Waals surface area contributed by atoms with E-state index in [1.165, 1.54) is 6.33 Å². The Balaban J connectivity index is 1.86. The van der Waals surface area contributed by atoms with E-state index in [4.69, 9.17) is 5.73 Å². The van der Waals surface area contributed by atoms with E-state index in [2.05, 4.69) is 15.4 Å². The maximum absolute atomic E-state index is 11.8. The Kier molecular flexibility index (Phi) is 5.05. The van der Waals surface area contributed by atoms with Crippen LogP contribution in [0.4, 0.5) is 0 Å². The van der Waals surface area contributed by atoms with Gasteiger partial charge < -0.3 is 11.1 Å². The summed E-state index contributed by atoms with van der Waals surface area (Å²) in [6.45, 7) is 4.87. The normalized spacial score (nSPS) is 13.7. The first-order valence-corrected chi connectivity index (χ1v) is 7.00. The summed E-state index contributed by atoms with van der Waals surface area (Å²) < 4.78 is 1.76. The first kappa shape index (κ1) is 15.2. The van der Waals surface area contributed by atoms with Gasteiger partial charge in [-0.25, -0.2) is 9.67 Å². The SMILES string of the molecule is CC(N)C(C)C(=O)NCc1ccc(Cn2cncn2)cc1. The Morgan fingerprint density at radius 1 is 1.29 bits per heavy atom. The van der Waals surface area contributed by atoms with Crippen LogP contribution in [0.15, 0.2) is 36.9 Å². The third-order valence-electron chi connectivity index (χ3n) is 3.50. The molecule has 0 aliphatic heterocycles. The fourth-order valence-electron chi connectivity index (χ4n) is 1.85. The fourth-order valence-corrected chi connectivity index (χ4v) is 1.85. The quantitative estimate of drug-likeness (QED) is 0.827. The van der Waals surface area contributed by atoms with E-state index in [1.54, 1.807) is 11.0 Å². The Labute approximate surface area is 124 Å². The molecule has 0 aliphatic rings. The zero-order valence-electron chi connectivity index (χ0n) is 12.4. The summed E-state index contributed by atoms with van der Waals surface area (Å²) in [5.74, 6) is -0.201. The van der Waals surface area contributed by atoms with Crippen molar-refractivity contribution in [3.05, 3.63) is 48.0 Å². The Morgan fingerprint density at radius 2 is 1.95 bits per heavy atom. The van der Waals surface area contributed by atoms with Crippen molar-refractivity contribution in [1.29, 1.82) is 0 Å². The number of nitrogens with zero attached hydrogens (tertiary/aromatic N) is 3. The van der Waals surface area contributed by atoms with Crippen LogP contribution in [0.1, 0.15) is 25.0 Å². The lowest BCUT2D eigenvalue weighted by atomic mass is 10.0. The minimum atomic E-state index is -0.184. The Hall–Kier alpha value is -2.21. The van der Waals surface area contributed by atoms with E-state index in [1.807, 2.05) is 38.1 Å². The summed E-state index contributed by atoms with van der Waals surface area (Å²) in [7, 11) is 0. The number of benzene rings is 1. The molecule has 2 rings (SSSR count). The van der Waals surface area contributed by atoms with Gasteiger partial charge in [-0.15, -0.1) is 0 Å². The second-order valence-electron chi connectivity index (χ2n) is 5.28. The van der Waals surface area contributed by atoms with Gasteiger partial charge in [0.1, 0.15) is 12.7 Å². The third-order valence-corrected chi connectivity index (χ3v) is 3.50. The van der Waals surface area contributed by atoms with Crippen LogP contribution >= 0.6 is 0 Å². The highest BCUT2D eigenvalue weighted by Gasteiger charge is 2.16. The van der Waals surface area contributed by atoms with E-state index < -0.39 is 0 Å². The van der Waals surface area contributed by atoms with Crippen molar-refractivity contribution in [3.63, 3.8) is 0 Å². The molecule has 2 unspecified atom stereocenters. The summed E-state index contributed by atoms with van der Waals surface area (Å²) in [4.78, 5) is 15.7. The Bertz CT molecular complexity index is 562. The van der Waals surface area contributed by atoms with Gasteiger partial charge in [0.2, 0.25) is 5.91 Å². The maximum atomic E-state index is 11.8. The van der Waals surface area contributed by atoms with Crippen molar-refractivity contribution in [1.82, 2.24) is 20.1 Å². The predicted octanol–water partition coefficient (Wildman–Crippen LogP) is 0.926. The van der Waals surface area contributed by atoms with Crippen LogP contribution in [0.3, 0.4) is 0 Å². The summed E-state index contributed by atoms with van der Waals surface area (Å²) in [5, 5.41) is 6.96. The highest BCUT2D eigenvalue weighted by atomic mass is 16.1. The van der Waals surface area contributed by atoms with Crippen LogP contribution in [0.5, 0.6) is 0 Å². The molecule has 0 saturated heterocycles. The van der Waals surface area contributed by atoms with Gasteiger partial charge in [-0.05, 0) is 18.1 Å². The summed E-state index contributed by atoms with van der Waals surface area (Å²) in [6.07, 6.45) is 3.20. The largest absolute Gasteiger partial charge is 0.352 e. The number of nitrogens with one attached hydrogen (secondary N) is 1. The van der Waals surface area contributed by atoms with Gasteiger partial charge in [0, 0.05) is 18.5 Å². The average molecular weight is 287 g/mol. The molecule has 3 N–H and O–H groups in total. The molecule has 2 aromatic rings. The molecular formula is C15H21N5O. The molecule has 1 aromatic carbocycles. The number of carbonyl (C=O) groups is 1. The molecule has 1 amide bonds. The van der Waals surface area contributed by atoms with Crippen molar-refractivity contribution >= 4 is 5.91 Å². The topological polar surface area (TPSA) is 85.8 Å². The molecule has 0 saturated carbocycles. The van der Waals surface area contributed by atoms with E-state index >= 15 is 0 Å². The minimum absolute atomic E-state index is 0.0170. The van der Waals surface area contributed by atoms with Crippen molar-refractivity contribution in [2.75, 3.05) is 0 Å². The summed E-state index contributed by atoms with van der Waals surface area (Å²) in [6, 6.07) is 7.91. The molecule has 6 heteroatoms. The number of aromatic nitrogens is 3. The molecule has 2 atom stereocenters. The summed E-state index contributed by atoms with van der Waals surface area (Å²) >= 11 is 0. The predicted molar refractivity (Wildman–Crippen MR) is 80.2 cm³/mol.